The molecule has 1 fully saturated rings. The lowest BCUT2D eigenvalue weighted by molar-refractivity contribution is -0.121. The molecule has 0 aromatic carbocycles. The number of hydrogen-bond donors (Lipinski definition) is 2. The minimum Gasteiger partial charge on any atom is -0.476 e. The number of aromatic carboxylic acids is 1. The summed E-state index contributed by atoms with van der Waals surface area (Å²) >= 11 is 2.79. The van der Waals surface area contributed by atoms with E-state index in [-0.39, 0.29) is 30.0 Å². The molecule has 2 N–H and O–H groups in total. The van der Waals surface area contributed by atoms with Crippen molar-refractivity contribution in [2.24, 2.45) is 11.8 Å². The standard InChI is InChI=1S/C20H28FNO4S2/c1-20(26,9-2-3-11-21)10-4-5-14-6-7-17(23)15(14)8-12-27-19-22-16(13-28-19)18(24)25/h4-5,13-15,26H,2-3,6-12H2,1H3,(H,24,25)/b5-4+/t14-,15-,20?/m1/s1. The Morgan fingerprint density at radius 1 is 1.50 bits per heavy atom. The van der Waals surface area contributed by atoms with Crippen LogP contribution in [0.4, 0.5) is 4.39 Å². The number of carboxylic acids is 1. The number of rotatable bonds is 12. The lowest BCUT2D eigenvalue weighted by atomic mass is 9.90. The van der Waals surface area contributed by atoms with Gasteiger partial charge in [0.15, 0.2) is 10.0 Å². The van der Waals surface area contributed by atoms with Crippen LogP contribution in [-0.4, -0.2) is 45.0 Å². The van der Waals surface area contributed by atoms with E-state index in [0.29, 0.717) is 42.2 Å². The van der Waals surface area contributed by atoms with E-state index in [1.807, 2.05) is 6.08 Å². The Labute approximate surface area is 173 Å². The molecule has 0 aliphatic heterocycles. The predicted octanol–water partition coefficient (Wildman–Crippen LogP) is 4.76. The molecule has 3 atom stereocenters. The SMILES string of the molecule is CC(O)(C/C=C/[C@@H]1CCC(=O)[C@@H]1CCSc1nc(C(=O)O)cs1)CCCCF. The normalized spacial score (nSPS) is 22.0. The van der Waals surface area contributed by atoms with E-state index >= 15 is 0 Å². The maximum Gasteiger partial charge on any atom is 0.355 e. The molecule has 1 aromatic rings. The van der Waals surface area contributed by atoms with Crippen LogP contribution in [0.5, 0.6) is 0 Å². The Hall–Kier alpha value is -1.25. The maximum atomic E-state index is 12.2. The Kier molecular flexibility index (Phi) is 9.11. The first-order chi connectivity index (χ1) is 13.3. The summed E-state index contributed by atoms with van der Waals surface area (Å²) in [5, 5.41) is 20.8. The molecule has 8 heteroatoms. The highest BCUT2D eigenvalue weighted by Gasteiger charge is 2.32. The Morgan fingerprint density at radius 2 is 2.29 bits per heavy atom. The first-order valence-corrected chi connectivity index (χ1v) is 11.5. The summed E-state index contributed by atoms with van der Waals surface area (Å²) in [5.74, 6) is 0.115. The van der Waals surface area contributed by atoms with Crippen molar-refractivity contribution in [1.82, 2.24) is 4.98 Å². The molecular formula is C20H28FNO4S2. The third kappa shape index (κ3) is 7.29. The zero-order valence-corrected chi connectivity index (χ0v) is 17.7. The summed E-state index contributed by atoms with van der Waals surface area (Å²) in [5.41, 5.74) is -0.782. The van der Waals surface area contributed by atoms with Gasteiger partial charge < -0.3 is 10.2 Å². The van der Waals surface area contributed by atoms with Gasteiger partial charge >= 0.3 is 5.97 Å². The van der Waals surface area contributed by atoms with E-state index in [2.05, 4.69) is 11.1 Å². The van der Waals surface area contributed by atoms with Crippen LogP contribution >= 0.6 is 23.1 Å². The molecule has 0 bridgehead atoms. The minimum atomic E-state index is -1.03. The number of carbonyl (C=O) groups excluding carboxylic acids is 1. The molecule has 1 aliphatic carbocycles. The van der Waals surface area contributed by atoms with Gasteiger partial charge in [-0.05, 0) is 51.4 Å². The van der Waals surface area contributed by atoms with Crippen LogP contribution in [-0.2, 0) is 4.79 Å². The highest BCUT2D eigenvalue weighted by Crippen LogP contribution is 2.35. The van der Waals surface area contributed by atoms with Crippen LogP contribution in [0.3, 0.4) is 0 Å². The smallest absolute Gasteiger partial charge is 0.355 e. The quantitative estimate of drug-likeness (QED) is 0.283. The number of carboxylic acid groups (broad SMARTS) is 1. The fourth-order valence-corrected chi connectivity index (χ4v) is 5.33. The van der Waals surface area contributed by atoms with Gasteiger partial charge in [0.05, 0.1) is 12.3 Å². The number of thiazole rings is 1. The summed E-state index contributed by atoms with van der Waals surface area (Å²) < 4.78 is 12.9. The molecule has 0 amide bonds. The number of thioether (sulfide) groups is 1. The second-order valence-corrected chi connectivity index (χ2v) is 9.69. The van der Waals surface area contributed by atoms with E-state index in [0.717, 1.165) is 12.8 Å². The fraction of sp³-hybridized carbons (Fsp3) is 0.650. The van der Waals surface area contributed by atoms with Crippen LogP contribution in [0.2, 0.25) is 0 Å². The topological polar surface area (TPSA) is 87.5 Å². The average molecular weight is 430 g/mol. The van der Waals surface area contributed by atoms with Crippen molar-refractivity contribution in [3.8, 4) is 0 Å². The van der Waals surface area contributed by atoms with Gasteiger partial charge in [-0.3, -0.25) is 9.18 Å². The number of unbranched alkanes of at least 4 members (excludes halogenated alkanes) is 1. The number of carbonyl (C=O) groups is 2. The van der Waals surface area contributed by atoms with Crippen LogP contribution in [0.25, 0.3) is 0 Å². The van der Waals surface area contributed by atoms with Gasteiger partial charge in [-0.2, -0.15) is 0 Å². The number of aliphatic hydroxyl groups is 1. The monoisotopic (exact) mass is 429 g/mol. The fourth-order valence-electron chi connectivity index (χ4n) is 3.43. The molecular weight excluding hydrogens is 401 g/mol. The number of halogens is 1. The zero-order valence-electron chi connectivity index (χ0n) is 16.1. The number of hydrogen-bond acceptors (Lipinski definition) is 6. The molecule has 1 saturated carbocycles. The highest BCUT2D eigenvalue weighted by atomic mass is 32.2. The summed E-state index contributed by atoms with van der Waals surface area (Å²) in [7, 11) is 0. The molecule has 2 rings (SSSR count). The number of alkyl halides is 1. The van der Waals surface area contributed by atoms with Crippen LogP contribution in [0.15, 0.2) is 21.9 Å². The van der Waals surface area contributed by atoms with Crippen LogP contribution in [0.1, 0.15) is 62.4 Å². The third-order valence-corrected chi connectivity index (χ3v) is 7.11. The summed E-state index contributed by atoms with van der Waals surface area (Å²) in [4.78, 5) is 27.2. The number of ketones is 1. The third-order valence-electron chi connectivity index (χ3n) is 5.05. The van der Waals surface area contributed by atoms with Crippen molar-refractivity contribution in [2.45, 2.75) is 61.8 Å². The molecule has 1 aliphatic rings. The van der Waals surface area contributed by atoms with Crippen molar-refractivity contribution in [3.63, 3.8) is 0 Å². The Balaban J connectivity index is 1.80. The summed E-state index contributed by atoms with van der Waals surface area (Å²) in [6, 6.07) is 0. The van der Waals surface area contributed by atoms with Crippen molar-refractivity contribution < 1.29 is 24.2 Å². The van der Waals surface area contributed by atoms with Gasteiger partial charge in [-0.25, -0.2) is 9.78 Å². The Bertz CT molecular complexity index is 690. The van der Waals surface area contributed by atoms with E-state index < -0.39 is 11.6 Å². The average Bonchev–Trinajstić information content (AvgIpc) is 3.23. The Morgan fingerprint density at radius 3 is 2.96 bits per heavy atom. The maximum absolute atomic E-state index is 12.2. The van der Waals surface area contributed by atoms with Gasteiger partial charge in [0.1, 0.15) is 5.78 Å². The van der Waals surface area contributed by atoms with Crippen LogP contribution in [0, 0.1) is 11.8 Å². The van der Waals surface area contributed by atoms with E-state index in [4.69, 9.17) is 5.11 Å². The number of nitrogens with zero attached hydrogens (tertiary/aromatic N) is 1. The minimum absolute atomic E-state index is 0.0286. The molecule has 0 spiro atoms. The van der Waals surface area contributed by atoms with Crippen LogP contribution < -0.4 is 0 Å². The lowest BCUT2D eigenvalue weighted by Gasteiger charge is -2.21. The first kappa shape index (κ1) is 23.0. The highest BCUT2D eigenvalue weighted by molar-refractivity contribution is 8.01. The van der Waals surface area contributed by atoms with Crippen molar-refractivity contribution in [2.75, 3.05) is 12.4 Å². The summed E-state index contributed by atoms with van der Waals surface area (Å²) in [6.45, 7) is 1.41. The second kappa shape index (κ2) is 11.1. The molecule has 28 heavy (non-hydrogen) atoms. The molecule has 1 unspecified atom stereocenters. The van der Waals surface area contributed by atoms with E-state index in [1.165, 1.54) is 28.5 Å². The molecule has 1 aromatic heterocycles. The largest absolute Gasteiger partial charge is 0.476 e. The number of allylic oxidation sites excluding steroid dienone is 1. The van der Waals surface area contributed by atoms with E-state index in [1.54, 1.807) is 6.92 Å². The zero-order chi connectivity index (χ0) is 20.6. The lowest BCUT2D eigenvalue weighted by Crippen LogP contribution is -2.23. The van der Waals surface area contributed by atoms with Crippen molar-refractivity contribution in [3.05, 3.63) is 23.2 Å². The van der Waals surface area contributed by atoms with E-state index in [9.17, 15) is 19.1 Å². The number of Topliss-reactive ketones (excluding diaryl/α,β-unsaturated/α-hetero) is 1. The van der Waals surface area contributed by atoms with Gasteiger partial charge in [0.25, 0.3) is 0 Å². The van der Waals surface area contributed by atoms with Crippen molar-refractivity contribution >= 4 is 34.9 Å². The molecule has 0 radical (unpaired) electrons. The van der Waals surface area contributed by atoms with Gasteiger partial charge in [-0.1, -0.05) is 23.9 Å². The second-order valence-electron chi connectivity index (χ2n) is 7.49. The molecule has 5 nitrogen and oxygen atoms in total. The predicted molar refractivity (Wildman–Crippen MR) is 110 cm³/mol. The number of aromatic nitrogens is 1. The van der Waals surface area contributed by atoms with Gasteiger partial charge in [0, 0.05) is 23.5 Å². The molecule has 0 saturated heterocycles. The van der Waals surface area contributed by atoms with Gasteiger partial charge in [-0.15, -0.1) is 11.3 Å². The summed E-state index contributed by atoms with van der Waals surface area (Å²) in [6.07, 6.45) is 8.36. The van der Waals surface area contributed by atoms with Crippen molar-refractivity contribution in [1.29, 1.82) is 0 Å². The molecule has 1 heterocycles. The molecule has 156 valence electrons. The van der Waals surface area contributed by atoms with Gasteiger partial charge in [0.2, 0.25) is 0 Å². The first-order valence-electron chi connectivity index (χ1n) is 9.62.